The van der Waals surface area contributed by atoms with Crippen LogP contribution in [0.4, 0.5) is 0 Å². The van der Waals surface area contributed by atoms with E-state index in [1.807, 2.05) is 63.5 Å². The first-order valence-electron chi connectivity index (χ1n) is 9.54. The molecule has 144 valence electrons. The third-order valence-corrected chi connectivity index (χ3v) is 6.13. The van der Waals surface area contributed by atoms with E-state index in [2.05, 4.69) is 10.2 Å². The number of aromatic nitrogens is 4. The maximum atomic E-state index is 13.1. The van der Waals surface area contributed by atoms with Gasteiger partial charge in [0.05, 0.1) is 11.3 Å². The van der Waals surface area contributed by atoms with Crippen molar-refractivity contribution in [3.8, 4) is 11.5 Å². The lowest BCUT2D eigenvalue weighted by molar-refractivity contribution is -0.127. The molecule has 8 nitrogen and oxygen atoms in total. The lowest BCUT2D eigenvalue weighted by Gasteiger charge is -2.36. The van der Waals surface area contributed by atoms with Crippen molar-refractivity contribution in [3.05, 3.63) is 42.2 Å². The molecule has 0 aliphatic carbocycles. The maximum absolute atomic E-state index is 13.1. The summed E-state index contributed by atoms with van der Waals surface area (Å²) in [5, 5.41) is 8.52. The number of fused-ring (bicyclic) bond motifs is 2. The average Bonchev–Trinajstić information content (AvgIpc) is 3.38. The van der Waals surface area contributed by atoms with E-state index in [1.165, 1.54) is 0 Å². The summed E-state index contributed by atoms with van der Waals surface area (Å²) in [7, 11) is 3.82. The highest BCUT2D eigenvalue weighted by Gasteiger charge is 2.42. The van der Waals surface area contributed by atoms with Crippen LogP contribution in [0.15, 0.2) is 36.7 Å². The average molecular weight is 378 g/mol. The number of amides is 2. The van der Waals surface area contributed by atoms with Gasteiger partial charge in [-0.05, 0) is 30.7 Å². The molecule has 8 heteroatoms. The first-order chi connectivity index (χ1) is 13.5. The van der Waals surface area contributed by atoms with Gasteiger partial charge in [-0.2, -0.15) is 0 Å². The second-order valence-electron chi connectivity index (χ2n) is 7.75. The van der Waals surface area contributed by atoms with Crippen LogP contribution in [0.1, 0.15) is 23.2 Å². The quantitative estimate of drug-likeness (QED) is 0.676. The molecule has 2 aliphatic heterocycles. The van der Waals surface area contributed by atoms with Crippen LogP contribution in [-0.4, -0.2) is 67.0 Å². The molecular formula is C20H22N6O2. The number of hydrogen-bond donors (Lipinski definition) is 0. The van der Waals surface area contributed by atoms with Gasteiger partial charge in [0.15, 0.2) is 11.5 Å². The predicted octanol–water partition coefficient (Wildman–Crippen LogP) is 1.43. The summed E-state index contributed by atoms with van der Waals surface area (Å²) in [5.41, 5.74) is 2.25. The predicted molar refractivity (Wildman–Crippen MR) is 103 cm³/mol. The van der Waals surface area contributed by atoms with Gasteiger partial charge in [-0.15, -0.1) is 10.2 Å². The van der Waals surface area contributed by atoms with Crippen molar-refractivity contribution in [2.45, 2.75) is 18.9 Å². The molecule has 2 saturated heterocycles. The van der Waals surface area contributed by atoms with Crippen LogP contribution in [0.3, 0.4) is 0 Å². The minimum absolute atomic E-state index is 0.00566. The van der Waals surface area contributed by atoms with Gasteiger partial charge in [-0.3, -0.25) is 14.0 Å². The molecule has 5 heterocycles. The number of pyridine rings is 1. The second kappa shape index (κ2) is 6.19. The zero-order chi connectivity index (χ0) is 19.4. The van der Waals surface area contributed by atoms with Crippen molar-refractivity contribution in [1.82, 2.24) is 29.0 Å². The highest BCUT2D eigenvalue weighted by molar-refractivity contribution is 5.94. The Morgan fingerprint density at radius 3 is 2.82 bits per heavy atom. The molecule has 0 saturated carbocycles. The van der Waals surface area contributed by atoms with Crippen molar-refractivity contribution >= 4 is 17.5 Å². The Kier molecular flexibility index (Phi) is 3.75. The number of aryl methyl sites for hydroxylation is 1. The number of carbonyl (C=O) groups excluding carboxylic acids is 2. The van der Waals surface area contributed by atoms with E-state index in [4.69, 9.17) is 0 Å². The monoisotopic (exact) mass is 378 g/mol. The molecule has 0 unspecified atom stereocenters. The third-order valence-electron chi connectivity index (χ3n) is 6.13. The van der Waals surface area contributed by atoms with Gasteiger partial charge < -0.3 is 14.4 Å². The Morgan fingerprint density at radius 1 is 1.18 bits per heavy atom. The summed E-state index contributed by atoms with van der Waals surface area (Å²) in [6.07, 6.45) is 5.14. The molecule has 2 fully saturated rings. The van der Waals surface area contributed by atoms with Crippen molar-refractivity contribution in [2.24, 2.45) is 13.0 Å². The molecule has 0 N–H and O–H groups in total. The van der Waals surface area contributed by atoms with E-state index in [0.717, 1.165) is 12.1 Å². The zero-order valence-electron chi connectivity index (χ0n) is 15.9. The van der Waals surface area contributed by atoms with E-state index in [0.29, 0.717) is 36.5 Å². The number of rotatable bonds is 2. The van der Waals surface area contributed by atoms with Crippen LogP contribution in [0.2, 0.25) is 0 Å². The maximum Gasteiger partial charge on any atom is 0.255 e. The molecule has 0 bridgehead atoms. The summed E-state index contributed by atoms with van der Waals surface area (Å²) in [6.45, 7) is 1.30. The van der Waals surface area contributed by atoms with Crippen molar-refractivity contribution in [1.29, 1.82) is 0 Å². The van der Waals surface area contributed by atoms with Gasteiger partial charge in [0, 0.05) is 58.0 Å². The highest BCUT2D eigenvalue weighted by atomic mass is 16.2. The lowest BCUT2D eigenvalue weighted by Crippen LogP contribution is -2.47. The van der Waals surface area contributed by atoms with Crippen LogP contribution in [0.5, 0.6) is 0 Å². The van der Waals surface area contributed by atoms with Crippen LogP contribution in [-0.2, 0) is 11.8 Å². The molecule has 2 atom stereocenters. The van der Waals surface area contributed by atoms with Crippen LogP contribution in [0, 0.1) is 5.92 Å². The van der Waals surface area contributed by atoms with Crippen LogP contribution in [0.25, 0.3) is 17.2 Å². The fourth-order valence-electron chi connectivity index (χ4n) is 4.54. The minimum atomic E-state index is -0.00566. The summed E-state index contributed by atoms with van der Waals surface area (Å²) in [4.78, 5) is 28.9. The highest BCUT2D eigenvalue weighted by Crippen LogP contribution is 2.31. The molecule has 2 aliphatic rings. The fourth-order valence-corrected chi connectivity index (χ4v) is 4.54. The molecule has 28 heavy (non-hydrogen) atoms. The second-order valence-corrected chi connectivity index (χ2v) is 7.75. The number of hydrogen-bond acceptors (Lipinski definition) is 4. The number of likely N-dealkylation sites (tertiary alicyclic amines) is 2. The van der Waals surface area contributed by atoms with E-state index in [9.17, 15) is 9.59 Å². The van der Waals surface area contributed by atoms with E-state index >= 15 is 0 Å². The molecule has 5 rings (SSSR count). The number of carbonyl (C=O) groups is 2. The van der Waals surface area contributed by atoms with Gasteiger partial charge in [0.25, 0.3) is 5.91 Å². The van der Waals surface area contributed by atoms with E-state index < -0.39 is 0 Å². The Bertz CT molecular complexity index is 1080. The Morgan fingerprint density at radius 2 is 2.04 bits per heavy atom. The Labute approximate surface area is 162 Å². The van der Waals surface area contributed by atoms with Crippen LogP contribution < -0.4 is 0 Å². The minimum Gasteiger partial charge on any atom is -0.348 e. The van der Waals surface area contributed by atoms with Gasteiger partial charge in [0.1, 0.15) is 0 Å². The first kappa shape index (κ1) is 17.0. The van der Waals surface area contributed by atoms with Gasteiger partial charge >= 0.3 is 0 Å². The topological polar surface area (TPSA) is 75.7 Å². The SMILES string of the molecule is CN1C(=O)C[C@@H]2CN(C(=O)c3ccc4nnc(-c5cccn5C)n4c3)CC[C@@H]21. The summed E-state index contributed by atoms with van der Waals surface area (Å²) in [5.74, 6) is 1.11. The standard InChI is InChI=1S/C20H22N6O2/c1-23-8-3-4-16(23)19-22-21-17-6-5-13(12-26(17)19)20(28)25-9-7-15-14(11-25)10-18(27)24(15)2/h3-6,8,12,14-15H,7,9-11H2,1-2H3/t14-,15+/m1/s1. The molecule has 0 aromatic carbocycles. The van der Waals surface area contributed by atoms with E-state index in [1.54, 1.807) is 6.07 Å². The van der Waals surface area contributed by atoms with Gasteiger partial charge in [-0.25, -0.2) is 0 Å². The number of piperidine rings is 1. The smallest absolute Gasteiger partial charge is 0.255 e. The van der Waals surface area contributed by atoms with Crippen molar-refractivity contribution in [2.75, 3.05) is 20.1 Å². The molecule has 3 aromatic rings. The van der Waals surface area contributed by atoms with Crippen LogP contribution >= 0.6 is 0 Å². The summed E-state index contributed by atoms with van der Waals surface area (Å²) in [6, 6.07) is 7.82. The molecule has 0 radical (unpaired) electrons. The van der Waals surface area contributed by atoms with Crippen molar-refractivity contribution < 1.29 is 9.59 Å². The normalized spacial score (nSPS) is 22.1. The zero-order valence-corrected chi connectivity index (χ0v) is 15.9. The molecule has 0 spiro atoms. The largest absolute Gasteiger partial charge is 0.348 e. The van der Waals surface area contributed by atoms with Gasteiger partial charge in [-0.1, -0.05) is 0 Å². The Hall–Kier alpha value is -3.16. The first-order valence-corrected chi connectivity index (χ1v) is 9.54. The Balaban J connectivity index is 1.44. The summed E-state index contributed by atoms with van der Waals surface area (Å²) < 4.78 is 3.84. The van der Waals surface area contributed by atoms with Crippen molar-refractivity contribution in [3.63, 3.8) is 0 Å². The molecule has 3 aromatic heterocycles. The molecule has 2 amide bonds. The van der Waals surface area contributed by atoms with Gasteiger partial charge in [0.2, 0.25) is 5.91 Å². The third kappa shape index (κ3) is 2.51. The fraction of sp³-hybridized carbons (Fsp3) is 0.400. The number of nitrogens with zero attached hydrogens (tertiary/aromatic N) is 6. The van der Waals surface area contributed by atoms with E-state index in [-0.39, 0.29) is 23.8 Å². The lowest BCUT2D eigenvalue weighted by atomic mass is 9.92. The molecular weight excluding hydrogens is 356 g/mol. The summed E-state index contributed by atoms with van der Waals surface area (Å²) >= 11 is 0.